The van der Waals surface area contributed by atoms with Gasteiger partial charge in [0.15, 0.2) is 0 Å². The molecule has 11 heteroatoms. The van der Waals surface area contributed by atoms with Crippen LogP contribution < -0.4 is 0 Å². The summed E-state index contributed by atoms with van der Waals surface area (Å²) < 4.78 is 81.0. The molecular weight excluding hydrogens is 448 g/mol. The zero-order valence-electron chi connectivity index (χ0n) is 16.5. The van der Waals surface area contributed by atoms with Crippen LogP contribution in [0.2, 0.25) is 5.02 Å². The van der Waals surface area contributed by atoms with Gasteiger partial charge in [0.25, 0.3) is 12.3 Å². The van der Waals surface area contributed by atoms with E-state index in [0.717, 1.165) is 30.1 Å². The molecule has 1 aliphatic carbocycles. The van der Waals surface area contributed by atoms with Crippen LogP contribution >= 0.6 is 11.6 Å². The molecule has 2 aromatic rings. The molecule has 0 spiro atoms. The van der Waals surface area contributed by atoms with Gasteiger partial charge in [0.1, 0.15) is 11.3 Å². The van der Waals surface area contributed by atoms with E-state index in [0.29, 0.717) is 17.5 Å². The molecule has 0 bridgehead atoms. The quantitative estimate of drug-likeness (QED) is 0.500. The molecular formula is C20H18ClF6N3O. The summed E-state index contributed by atoms with van der Waals surface area (Å²) in [7, 11) is 1.09. The largest absolute Gasteiger partial charge is 0.416 e. The molecule has 0 aliphatic heterocycles. The standard InChI is InChI=1S/C20H18ClF6N3O/c1-9(13-8-11(20(25,26)27)4-7-14(13)21)10(2)30(12-5-6-12)19(31)15-16(17(22)23)28-29(3)18(15)24/h4,7-8,10,12,17H,1,5-6H2,2-3H3. The number of alkyl halides is 5. The Morgan fingerprint density at radius 1 is 1.32 bits per heavy atom. The summed E-state index contributed by atoms with van der Waals surface area (Å²) in [6.07, 6.45) is -6.75. The van der Waals surface area contributed by atoms with Gasteiger partial charge in [-0.1, -0.05) is 18.2 Å². The van der Waals surface area contributed by atoms with Gasteiger partial charge in [0.2, 0.25) is 5.95 Å². The van der Waals surface area contributed by atoms with Crippen LogP contribution in [0.3, 0.4) is 0 Å². The van der Waals surface area contributed by atoms with Gasteiger partial charge in [-0.15, -0.1) is 0 Å². The number of hydrogen-bond donors (Lipinski definition) is 0. The van der Waals surface area contributed by atoms with E-state index >= 15 is 0 Å². The highest BCUT2D eigenvalue weighted by Crippen LogP contribution is 2.39. The Morgan fingerprint density at radius 2 is 1.94 bits per heavy atom. The molecule has 0 N–H and O–H groups in total. The van der Waals surface area contributed by atoms with Crippen molar-refractivity contribution in [3.05, 3.63) is 58.1 Å². The highest BCUT2D eigenvalue weighted by molar-refractivity contribution is 6.32. The van der Waals surface area contributed by atoms with Gasteiger partial charge >= 0.3 is 6.18 Å². The molecule has 0 saturated heterocycles. The second kappa shape index (κ2) is 8.22. The summed E-state index contributed by atoms with van der Waals surface area (Å²) in [5.74, 6) is -2.25. The Hall–Kier alpha value is -2.49. The lowest BCUT2D eigenvalue weighted by Crippen LogP contribution is -2.41. The first kappa shape index (κ1) is 23.2. The van der Waals surface area contributed by atoms with E-state index in [1.54, 1.807) is 0 Å². The molecule has 1 aromatic carbocycles. The van der Waals surface area contributed by atoms with E-state index in [1.807, 2.05) is 0 Å². The zero-order valence-corrected chi connectivity index (χ0v) is 17.2. The topological polar surface area (TPSA) is 38.1 Å². The van der Waals surface area contributed by atoms with Crippen LogP contribution in [0.5, 0.6) is 0 Å². The van der Waals surface area contributed by atoms with Gasteiger partial charge in [0, 0.05) is 18.1 Å². The minimum atomic E-state index is -4.63. The first-order valence-corrected chi connectivity index (χ1v) is 9.61. The monoisotopic (exact) mass is 465 g/mol. The van der Waals surface area contributed by atoms with Crippen molar-refractivity contribution in [3.63, 3.8) is 0 Å². The highest BCUT2D eigenvalue weighted by atomic mass is 35.5. The van der Waals surface area contributed by atoms with Crippen molar-refractivity contribution in [3.8, 4) is 0 Å². The zero-order chi connectivity index (χ0) is 23.2. The lowest BCUT2D eigenvalue weighted by Gasteiger charge is -2.31. The van der Waals surface area contributed by atoms with E-state index in [-0.39, 0.29) is 16.2 Å². The van der Waals surface area contributed by atoms with Crippen molar-refractivity contribution in [1.82, 2.24) is 14.7 Å². The third-order valence-corrected chi connectivity index (χ3v) is 5.49. The summed E-state index contributed by atoms with van der Waals surface area (Å²) in [6, 6.07) is 1.36. The predicted octanol–water partition coefficient (Wildman–Crippen LogP) is 5.88. The van der Waals surface area contributed by atoms with Gasteiger partial charge in [-0.2, -0.15) is 22.7 Å². The molecule has 1 unspecified atom stereocenters. The fourth-order valence-electron chi connectivity index (χ4n) is 3.35. The summed E-state index contributed by atoms with van der Waals surface area (Å²) in [5, 5.41) is 3.36. The minimum absolute atomic E-state index is 0.0196. The van der Waals surface area contributed by atoms with Crippen LogP contribution in [-0.2, 0) is 13.2 Å². The van der Waals surface area contributed by atoms with Crippen LogP contribution in [0.25, 0.3) is 5.57 Å². The number of carbonyl (C=O) groups excluding carboxylic acids is 1. The van der Waals surface area contributed by atoms with Gasteiger partial charge in [0.05, 0.1) is 11.6 Å². The van der Waals surface area contributed by atoms with Crippen molar-refractivity contribution >= 4 is 23.1 Å². The second-order valence-corrected chi connectivity index (χ2v) is 7.72. The number of halogens is 7. The molecule has 1 saturated carbocycles. The second-order valence-electron chi connectivity index (χ2n) is 7.31. The van der Waals surface area contributed by atoms with Crippen molar-refractivity contribution in [2.45, 2.75) is 44.5 Å². The Bertz CT molecular complexity index is 1030. The van der Waals surface area contributed by atoms with Gasteiger partial charge in [-0.25, -0.2) is 13.5 Å². The minimum Gasteiger partial charge on any atom is -0.329 e. The van der Waals surface area contributed by atoms with Gasteiger partial charge < -0.3 is 4.90 Å². The molecule has 0 radical (unpaired) electrons. The summed E-state index contributed by atoms with van der Waals surface area (Å²) in [6.45, 7) is 5.27. The number of amides is 1. The van der Waals surface area contributed by atoms with Gasteiger partial charge in [-0.3, -0.25) is 4.79 Å². The number of aryl methyl sites for hydroxylation is 1. The molecule has 3 rings (SSSR count). The number of benzene rings is 1. The Labute approximate surface area is 179 Å². The van der Waals surface area contributed by atoms with Crippen LogP contribution in [0.4, 0.5) is 26.3 Å². The van der Waals surface area contributed by atoms with E-state index in [4.69, 9.17) is 11.6 Å². The Balaban J connectivity index is 2.00. The average Bonchev–Trinajstić information content (AvgIpc) is 3.45. The van der Waals surface area contributed by atoms with E-state index in [2.05, 4.69) is 11.7 Å². The molecule has 168 valence electrons. The third kappa shape index (κ3) is 4.44. The molecule has 4 nitrogen and oxygen atoms in total. The van der Waals surface area contributed by atoms with Crippen LogP contribution in [0.1, 0.15) is 53.4 Å². The van der Waals surface area contributed by atoms with E-state index < -0.39 is 53.4 Å². The van der Waals surface area contributed by atoms with E-state index in [1.165, 1.54) is 6.92 Å². The predicted molar refractivity (Wildman–Crippen MR) is 102 cm³/mol. The van der Waals surface area contributed by atoms with Gasteiger partial charge in [-0.05, 0) is 49.1 Å². The SMILES string of the molecule is C=C(c1cc(C(F)(F)F)ccc1Cl)C(C)N(C(=O)c1c(C(F)F)nn(C)c1F)C1CC1. The molecule has 1 amide bonds. The van der Waals surface area contributed by atoms with Crippen molar-refractivity contribution in [2.75, 3.05) is 0 Å². The maximum atomic E-state index is 14.5. The number of aromatic nitrogens is 2. The van der Waals surface area contributed by atoms with Crippen LogP contribution in [0.15, 0.2) is 24.8 Å². The summed E-state index contributed by atoms with van der Waals surface area (Å²) in [5.41, 5.74) is -2.78. The first-order valence-electron chi connectivity index (χ1n) is 9.23. The Morgan fingerprint density at radius 3 is 2.45 bits per heavy atom. The first-order chi connectivity index (χ1) is 14.3. The fourth-order valence-corrected chi connectivity index (χ4v) is 3.59. The summed E-state index contributed by atoms with van der Waals surface area (Å²) >= 11 is 6.07. The maximum Gasteiger partial charge on any atom is 0.416 e. The Kier molecular flexibility index (Phi) is 6.14. The number of hydrogen-bond acceptors (Lipinski definition) is 2. The van der Waals surface area contributed by atoms with Crippen molar-refractivity contribution in [1.29, 1.82) is 0 Å². The van der Waals surface area contributed by atoms with Crippen LogP contribution in [-0.4, -0.2) is 32.7 Å². The smallest absolute Gasteiger partial charge is 0.329 e. The van der Waals surface area contributed by atoms with Crippen LogP contribution in [0, 0.1) is 5.95 Å². The molecule has 1 heterocycles. The number of nitrogens with zero attached hydrogens (tertiary/aromatic N) is 3. The fraction of sp³-hybridized carbons (Fsp3) is 0.400. The maximum absolute atomic E-state index is 14.5. The molecule has 1 aromatic heterocycles. The average molecular weight is 466 g/mol. The number of rotatable bonds is 6. The highest BCUT2D eigenvalue weighted by Gasteiger charge is 2.41. The lowest BCUT2D eigenvalue weighted by atomic mass is 9.97. The lowest BCUT2D eigenvalue weighted by molar-refractivity contribution is -0.137. The summed E-state index contributed by atoms with van der Waals surface area (Å²) in [4.78, 5) is 14.3. The molecule has 31 heavy (non-hydrogen) atoms. The normalized spacial score (nSPS) is 15.3. The van der Waals surface area contributed by atoms with Crippen molar-refractivity contribution in [2.24, 2.45) is 7.05 Å². The molecule has 1 fully saturated rings. The molecule has 1 atom stereocenters. The molecule has 1 aliphatic rings. The number of carbonyl (C=O) groups is 1. The third-order valence-electron chi connectivity index (χ3n) is 5.16. The van der Waals surface area contributed by atoms with E-state index in [9.17, 15) is 31.1 Å². The van der Waals surface area contributed by atoms with Crippen molar-refractivity contribution < 1.29 is 31.1 Å².